The van der Waals surface area contributed by atoms with Gasteiger partial charge >= 0.3 is 0 Å². The molecule has 0 bridgehead atoms. The quantitative estimate of drug-likeness (QED) is 0.813. The summed E-state index contributed by atoms with van der Waals surface area (Å²) in [6, 6.07) is 15.8. The Morgan fingerprint density at radius 3 is 2.57 bits per heavy atom. The zero-order valence-electron chi connectivity index (χ0n) is 13.7. The molecule has 0 aliphatic carbocycles. The minimum Gasteiger partial charge on any atom is -0.493 e. The van der Waals surface area contributed by atoms with Crippen LogP contribution in [0.3, 0.4) is 0 Å². The first-order chi connectivity index (χ1) is 11.2. The highest BCUT2D eigenvalue weighted by molar-refractivity contribution is 5.75. The van der Waals surface area contributed by atoms with Crippen molar-refractivity contribution in [2.75, 3.05) is 13.7 Å². The first-order valence-electron chi connectivity index (χ1n) is 7.84. The normalized spacial score (nSPS) is 10.2. The third-order valence-corrected chi connectivity index (χ3v) is 3.54. The molecule has 1 N–H and O–H groups in total. The number of para-hydroxylation sites is 1. The Kier molecular flexibility index (Phi) is 6.48. The highest BCUT2D eigenvalue weighted by Crippen LogP contribution is 2.31. The molecule has 0 unspecified atom stereocenters. The molecule has 0 aliphatic rings. The molecule has 0 aliphatic heterocycles. The number of amides is 1. The highest BCUT2D eigenvalue weighted by Gasteiger charge is 2.10. The van der Waals surface area contributed by atoms with Crippen molar-refractivity contribution >= 4 is 5.91 Å². The molecule has 122 valence electrons. The van der Waals surface area contributed by atoms with Crippen LogP contribution in [0.1, 0.15) is 24.5 Å². The number of ether oxygens (including phenoxy) is 2. The fourth-order valence-corrected chi connectivity index (χ4v) is 2.30. The van der Waals surface area contributed by atoms with Crippen LogP contribution >= 0.6 is 0 Å². The summed E-state index contributed by atoms with van der Waals surface area (Å²) in [6.45, 7) is 2.92. The van der Waals surface area contributed by atoms with Gasteiger partial charge in [0.2, 0.25) is 5.91 Å². The maximum Gasteiger partial charge on any atom is 0.219 e. The topological polar surface area (TPSA) is 47.6 Å². The van der Waals surface area contributed by atoms with Gasteiger partial charge < -0.3 is 14.8 Å². The Morgan fingerprint density at radius 1 is 1.09 bits per heavy atom. The average Bonchev–Trinajstić information content (AvgIpc) is 2.60. The molecule has 2 aromatic carbocycles. The van der Waals surface area contributed by atoms with E-state index in [9.17, 15) is 4.79 Å². The van der Waals surface area contributed by atoms with E-state index in [-0.39, 0.29) is 5.91 Å². The van der Waals surface area contributed by atoms with Gasteiger partial charge in [0.1, 0.15) is 6.61 Å². The molecule has 0 heterocycles. The lowest BCUT2D eigenvalue weighted by molar-refractivity contribution is -0.120. The summed E-state index contributed by atoms with van der Waals surface area (Å²) in [6.07, 6.45) is 1.20. The van der Waals surface area contributed by atoms with Gasteiger partial charge in [-0.3, -0.25) is 4.79 Å². The minimum atomic E-state index is 0.0560. The van der Waals surface area contributed by atoms with Gasteiger partial charge in [-0.05, 0) is 23.6 Å². The van der Waals surface area contributed by atoms with Crippen LogP contribution in [0.4, 0.5) is 0 Å². The fourth-order valence-electron chi connectivity index (χ4n) is 2.30. The Balaban J connectivity index is 2.02. The van der Waals surface area contributed by atoms with E-state index < -0.39 is 0 Å². The van der Waals surface area contributed by atoms with Gasteiger partial charge in [-0.15, -0.1) is 0 Å². The molecule has 1 amide bonds. The lowest BCUT2D eigenvalue weighted by Gasteiger charge is -2.15. The van der Waals surface area contributed by atoms with Crippen LogP contribution in [0.15, 0.2) is 48.5 Å². The van der Waals surface area contributed by atoms with Crippen molar-refractivity contribution in [3.63, 3.8) is 0 Å². The van der Waals surface area contributed by atoms with Crippen LogP contribution in [0.5, 0.6) is 11.5 Å². The summed E-state index contributed by atoms with van der Waals surface area (Å²) in [7, 11) is 1.64. The Hall–Kier alpha value is -2.49. The zero-order valence-corrected chi connectivity index (χ0v) is 13.7. The number of hydrogen-bond acceptors (Lipinski definition) is 3. The molecule has 0 fully saturated rings. The molecule has 2 aromatic rings. The standard InChI is InChI=1S/C19H23NO3/c1-3-18(21)20-13-12-16-10-7-11-17(19(16)22-2)23-14-15-8-5-4-6-9-15/h4-11H,3,12-14H2,1-2H3,(H,20,21). The summed E-state index contributed by atoms with van der Waals surface area (Å²) < 4.78 is 11.4. The number of carbonyl (C=O) groups is 1. The Bertz CT molecular complexity index is 626. The maximum atomic E-state index is 11.3. The largest absolute Gasteiger partial charge is 0.493 e. The number of rotatable bonds is 8. The SMILES string of the molecule is CCC(=O)NCCc1cccc(OCc2ccccc2)c1OC. The van der Waals surface area contributed by atoms with Crippen molar-refractivity contribution in [2.24, 2.45) is 0 Å². The van der Waals surface area contributed by atoms with Crippen LogP contribution < -0.4 is 14.8 Å². The van der Waals surface area contributed by atoms with Gasteiger partial charge in [0.25, 0.3) is 0 Å². The fraction of sp³-hybridized carbons (Fsp3) is 0.316. The van der Waals surface area contributed by atoms with Gasteiger partial charge in [0.05, 0.1) is 7.11 Å². The van der Waals surface area contributed by atoms with Gasteiger partial charge in [0, 0.05) is 13.0 Å². The first-order valence-corrected chi connectivity index (χ1v) is 7.84. The zero-order chi connectivity index (χ0) is 16.5. The monoisotopic (exact) mass is 313 g/mol. The van der Waals surface area contributed by atoms with Crippen molar-refractivity contribution in [1.29, 1.82) is 0 Å². The van der Waals surface area contributed by atoms with Gasteiger partial charge in [-0.2, -0.15) is 0 Å². The number of nitrogens with one attached hydrogen (secondary N) is 1. The van der Waals surface area contributed by atoms with Crippen molar-refractivity contribution in [3.05, 3.63) is 59.7 Å². The predicted molar refractivity (Wildman–Crippen MR) is 90.8 cm³/mol. The van der Waals surface area contributed by atoms with Crippen molar-refractivity contribution in [3.8, 4) is 11.5 Å². The third-order valence-electron chi connectivity index (χ3n) is 3.54. The second-order valence-corrected chi connectivity index (χ2v) is 5.18. The molecule has 0 saturated heterocycles. The van der Waals surface area contributed by atoms with E-state index in [1.54, 1.807) is 7.11 Å². The van der Waals surface area contributed by atoms with Gasteiger partial charge in [-0.1, -0.05) is 49.4 Å². The number of hydrogen-bond donors (Lipinski definition) is 1. The second-order valence-electron chi connectivity index (χ2n) is 5.18. The summed E-state index contributed by atoms with van der Waals surface area (Å²) in [5.74, 6) is 1.50. The summed E-state index contributed by atoms with van der Waals surface area (Å²) in [4.78, 5) is 11.3. The van der Waals surface area contributed by atoms with E-state index in [1.807, 2.05) is 55.5 Å². The lowest BCUT2D eigenvalue weighted by atomic mass is 10.1. The molecule has 0 saturated carbocycles. The smallest absolute Gasteiger partial charge is 0.219 e. The average molecular weight is 313 g/mol. The lowest BCUT2D eigenvalue weighted by Crippen LogP contribution is -2.24. The van der Waals surface area contributed by atoms with Crippen LogP contribution in [0.2, 0.25) is 0 Å². The first kappa shape index (κ1) is 16.9. The molecule has 0 spiro atoms. The molecular weight excluding hydrogens is 290 g/mol. The summed E-state index contributed by atoms with van der Waals surface area (Å²) in [5, 5.41) is 2.87. The molecular formula is C19H23NO3. The van der Waals surface area contributed by atoms with Crippen LogP contribution in [-0.4, -0.2) is 19.6 Å². The summed E-state index contributed by atoms with van der Waals surface area (Å²) >= 11 is 0. The Morgan fingerprint density at radius 2 is 1.87 bits per heavy atom. The van der Waals surface area contributed by atoms with Crippen molar-refractivity contribution in [1.82, 2.24) is 5.32 Å². The van der Waals surface area contributed by atoms with Crippen LogP contribution in [0, 0.1) is 0 Å². The third kappa shape index (κ3) is 5.02. The summed E-state index contributed by atoms with van der Waals surface area (Å²) in [5.41, 5.74) is 2.13. The van der Waals surface area contributed by atoms with Gasteiger partial charge in [0.15, 0.2) is 11.5 Å². The maximum absolute atomic E-state index is 11.3. The molecule has 2 rings (SSSR count). The number of methoxy groups -OCH3 is 1. The van der Waals surface area contributed by atoms with E-state index in [4.69, 9.17) is 9.47 Å². The van der Waals surface area contributed by atoms with E-state index >= 15 is 0 Å². The highest BCUT2D eigenvalue weighted by atomic mass is 16.5. The van der Waals surface area contributed by atoms with E-state index in [1.165, 1.54) is 0 Å². The molecule has 4 heteroatoms. The molecule has 4 nitrogen and oxygen atoms in total. The molecule has 0 aromatic heterocycles. The predicted octanol–water partition coefficient (Wildman–Crippen LogP) is 3.34. The molecule has 23 heavy (non-hydrogen) atoms. The van der Waals surface area contributed by atoms with Crippen molar-refractivity contribution in [2.45, 2.75) is 26.4 Å². The Labute approximate surface area is 137 Å². The van der Waals surface area contributed by atoms with E-state index in [0.717, 1.165) is 22.6 Å². The number of benzene rings is 2. The van der Waals surface area contributed by atoms with Crippen LogP contribution in [0.25, 0.3) is 0 Å². The van der Waals surface area contributed by atoms with Crippen LogP contribution in [-0.2, 0) is 17.8 Å². The van der Waals surface area contributed by atoms with Gasteiger partial charge in [-0.25, -0.2) is 0 Å². The second kappa shape index (κ2) is 8.83. The number of carbonyl (C=O) groups excluding carboxylic acids is 1. The van der Waals surface area contributed by atoms with E-state index in [2.05, 4.69) is 5.32 Å². The molecule has 0 radical (unpaired) electrons. The van der Waals surface area contributed by atoms with E-state index in [0.29, 0.717) is 26.0 Å². The van der Waals surface area contributed by atoms with Crippen molar-refractivity contribution < 1.29 is 14.3 Å². The molecule has 0 atom stereocenters. The minimum absolute atomic E-state index is 0.0560.